The van der Waals surface area contributed by atoms with Crippen molar-refractivity contribution < 1.29 is 4.74 Å². The number of aromatic amines is 1. The van der Waals surface area contributed by atoms with E-state index in [2.05, 4.69) is 35.5 Å². The Morgan fingerprint density at radius 2 is 2.03 bits per heavy atom. The number of anilines is 2. The van der Waals surface area contributed by atoms with Gasteiger partial charge in [-0.3, -0.25) is 15.1 Å². The fourth-order valence-corrected chi connectivity index (χ4v) is 4.50. The minimum absolute atomic E-state index is 0.254. The first-order valence-corrected chi connectivity index (χ1v) is 11.0. The van der Waals surface area contributed by atoms with Crippen LogP contribution in [0.25, 0.3) is 10.9 Å². The summed E-state index contributed by atoms with van der Waals surface area (Å²) in [4.78, 5) is 28.2. The zero-order valence-electron chi connectivity index (χ0n) is 16.6. The monoisotopic (exact) mass is 441 g/mol. The van der Waals surface area contributed by atoms with Crippen LogP contribution in [0.2, 0.25) is 0 Å². The predicted molar refractivity (Wildman–Crippen MR) is 118 cm³/mol. The number of hydrogen-bond donors (Lipinski definition) is 2. The van der Waals surface area contributed by atoms with Gasteiger partial charge in [0.15, 0.2) is 4.34 Å². The predicted octanol–water partition coefficient (Wildman–Crippen LogP) is 3.62. The van der Waals surface area contributed by atoms with Crippen LogP contribution in [0, 0.1) is 13.8 Å². The summed E-state index contributed by atoms with van der Waals surface area (Å²) < 4.78 is 6.38. The van der Waals surface area contributed by atoms with Crippen molar-refractivity contribution in [3.8, 4) is 5.75 Å². The quantitative estimate of drug-likeness (QED) is 0.414. The van der Waals surface area contributed by atoms with Gasteiger partial charge in [-0.25, -0.2) is 15.0 Å². The summed E-state index contributed by atoms with van der Waals surface area (Å²) in [5, 5.41) is 12.9. The molecule has 0 unspecified atom stereocenters. The highest BCUT2D eigenvalue weighted by molar-refractivity contribution is 8.00. The van der Waals surface area contributed by atoms with Gasteiger partial charge in [-0.1, -0.05) is 23.1 Å². The molecule has 0 bridgehead atoms. The Labute approximate surface area is 180 Å². The number of ether oxygens (including phenoxy) is 1. The maximum absolute atomic E-state index is 12.1. The second-order valence-corrected chi connectivity index (χ2v) is 8.73. The third kappa shape index (κ3) is 4.74. The van der Waals surface area contributed by atoms with Crippen molar-refractivity contribution in [2.75, 3.05) is 11.9 Å². The zero-order valence-corrected chi connectivity index (χ0v) is 18.2. The first-order valence-electron chi connectivity index (χ1n) is 9.21. The van der Waals surface area contributed by atoms with Crippen LogP contribution in [-0.2, 0) is 5.75 Å². The Hall–Kier alpha value is -3.05. The summed E-state index contributed by atoms with van der Waals surface area (Å²) >= 11 is 2.99. The average Bonchev–Trinajstić information content (AvgIpc) is 3.12. The van der Waals surface area contributed by atoms with Gasteiger partial charge >= 0.3 is 0 Å². The number of hydrogen-bond acceptors (Lipinski definition) is 10. The smallest absolute Gasteiger partial charge is 0.252 e. The molecular weight excluding hydrogens is 422 g/mol. The van der Waals surface area contributed by atoms with Gasteiger partial charge in [0.05, 0.1) is 23.5 Å². The standard InChI is InChI=1S/C19H19N7O2S2/c1-4-28-13-5-6-15-14(8-13)10(2)20-17(22-15)24-18-21-12(7-16(27)23-18)9-29-19-26-25-11(3)30-19/h5-8H,4,9H2,1-3H3,(H2,20,21,22,23,24,27). The van der Waals surface area contributed by atoms with Gasteiger partial charge in [0.1, 0.15) is 10.8 Å². The van der Waals surface area contributed by atoms with Crippen LogP contribution in [0.3, 0.4) is 0 Å². The minimum atomic E-state index is -0.254. The molecule has 0 saturated carbocycles. The van der Waals surface area contributed by atoms with Crippen molar-refractivity contribution >= 4 is 45.9 Å². The van der Waals surface area contributed by atoms with E-state index >= 15 is 0 Å². The summed E-state index contributed by atoms with van der Waals surface area (Å²) in [6.07, 6.45) is 0. The molecule has 3 heterocycles. The fourth-order valence-electron chi connectivity index (χ4n) is 2.79. The molecule has 154 valence electrons. The molecular formula is C19H19N7O2S2. The van der Waals surface area contributed by atoms with Crippen LogP contribution in [0.5, 0.6) is 5.75 Å². The first kappa shape index (κ1) is 20.2. The summed E-state index contributed by atoms with van der Waals surface area (Å²) in [6, 6.07) is 7.14. The molecule has 0 aliphatic rings. The SMILES string of the molecule is CCOc1ccc2nc(Nc3nc(CSc4nnc(C)s4)cc(=O)[nH]3)nc(C)c2c1. The number of thioether (sulfide) groups is 1. The van der Waals surface area contributed by atoms with Gasteiger partial charge in [-0.15, -0.1) is 10.2 Å². The van der Waals surface area contributed by atoms with Crippen molar-refractivity contribution in [2.45, 2.75) is 30.9 Å². The summed E-state index contributed by atoms with van der Waals surface area (Å²) in [7, 11) is 0. The maximum atomic E-state index is 12.1. The molecule has 30 heavy (non-hydrogen) atoms. The number of nitrogens with one attached hydrogen (secondary N) is 2. The summed E-state index contributed by atoms with van der Waals surface area (Å²) in [6.45, 7) is 6.34. The Morgan fingerprint density at radius 1 is 1.17 bits per heavy atom. The highest BCUT2D eigenvalue weighted by atomic mass is 32.2. The molecule has 3 aromatic heterocycles. The molecule has 0 amide bonds. The molecule has 0 fully saturated rings. The largest absolute Gasteiger partial charge is 0.494 e. The second-order valence-electron chi connectivity index (χ2n) is 6.33. The van der Waals surface area contributed by atoms with E-state index in [-0.39, 0.29) is 11.5 Å². The lowest BCUT2D eigenvalue weighted by Crippen LogP contribution is -2.13. The Kier molecular flexibility index (Phi) is 5.91. The van der Waals surface area contributed by atoms with Crippen LogP contribution >= 0.6 is 23.1 Å². The van der Waals surface area contributed by atoms with E-state index in [1.165, 1.54) is 29.2 Å². The number of aryl methyl sites for hydroxylation is 2. The van der Waals surface area contributed by atoms with Crippen LogP contribution in [-0.4, -0.2) is 36.7 Å². The number of rotatable bonds is 7. The van der Waals surface area contributed by atoms with Gasteiger partial charge in [0.25, 0.3) is 5.56 Å². The topological polar surface area (TPSA) is 119 Å². The van der Waals surface area contributed by atoms with E-state index in [9.17, 15) is 4.79 Å². The number of aromatic nitrogens is 6. The first-order chi connectivity index (χ1) is 14.5. The molecule has 0 spiro atoms. The van der Waals surface area contributed by atoms with Crippen molar-refractivity contribution in [3.63, 3.8) is 0 Å². The normalized spacial score (nSPS) is 11.0. The summed E-state index contributed by atoms with van der Waals surface area (Å²) in [5.41, 5.74) is 1.94. The highest BCUT2D eigenvalue weighted by Crippen LogP contribution is 2.26. The van der Waals surface area contributed by atoms with Gasteiger partial charge < -0.3 is 4.74 Å². The zero-order chi connectivity index (χ0) is 21.1. The molecule has 4 aromatic rings. The Morgan fingerprint density at radius 3 is 2.80 bits per heavy atom. The molecule has 0 atom stereocenters. The maximum Gasteiger partial charge on any atom is 0.252 e. The molecule has 0 aliphatic heterocycles. The Bertz CT molecular complexity index is 1260. The number of benzene rings is 1. The molecule has 0 radical (unpaired) electrons. The lowest BCUT2D eigenvalue weighted by atomic mass is 10.2. The number of fused-ring (bicyclic) bond motifs is 1. The lowest BCUT2D eigenvalue weighted by molar-refractivity contribution is 0.340. The van der Waals surface area contributed by atoms with Crippen molar-refractivity contribution in [1.82, 2.24) is 30.1 Å². The van der Waals surface area contributed by atoms with Crippen LogP contribution in [0.4, 0.5) is 11.9 Å². The van der Waals surface area contributed by atoms with Crippen LogP contribution in [0.15, 0.2) is 33.4 Å². The van der Waals surface area contributed by atoms with Gasteiger partial charge in [0, 0.05) is 17.2 Å². The second kappa shape index (κ2) is 8.76. The summed E-state index contributed by atoms with van der Waals surface area (Å²) in [5.74, 6) is 1.93. The number of nitrogens with zero attached hydrogens (tertiary/aromatic N) is 5. The van der Waals surface area contributed by atoms with Crippen molar-refractivity contribution in [1.29, 1.82) is 0 Å². The lowest BCUT2D eigenvalue weighted by Gasteiger charge is -2.09. The van der Waals surface area contributed by atoms with Crippen LogP contribution < -0.4 is 15.6 Å². The van der Waals surface area contributed by atoms with E-state index in [0.717, 1.165) is 31.7 Å². The van der Waals surface area contributed by atoms with Crippen LogP contribution in [0.1, 0.15) is 23.3 Å². The highest BCUT2D eigenvalue weighted by Gasteiger charge is 2.10. The average molecular weight is 442 g/mol. The fraction of sp³-hybridized carbons (Fsp3) is 0.263. The van der Waals surface area contributed by atoms with E-state index < -0.39 is 0 Å². The molecule has 0 aliphatic carbocycles. The van der Waals surface area contributed by atoms with Crippen molar-refractivity contribution in [2.24, 2.45) is 0 Å². The minimum Gasteiger partial charge on any atom is -0.494 e. The molecule has 11 heteroatoms. The van der Waals surface area contributed by atoms with E-state index in [0.29, 0.717) is 24.0 Å². The third-order valence-electron chi connectivity index (χ3n) is 4.04. The Balaban J connectivity index is 1.56. The van der Waals surface area contributed by atoms with E-state index in [4.69, 9.17) is 4.74 Å². The molecule has 4 rings (SSSR count). The van der Waals surface area contributed by atoms with E-state index in [1.807, 2.05) is 39.0 Å². The molecule has 1 aromatic carbocycles. The molecule has 0 saturated heterocycles. The van der Waals surface area contributed by atoms with Gasteiger partial charge in [-0.05, 0) is 39.0 Å². The van der Waals surface area contributed by atoms with Gasteiger partial charge in [0.2, 0.25) is 11.9 Å². The van der Waals surface area contributed by atoms with Gasteiger partial charge in [-0.2, -0.15) is 0 Å². The van der Waals surface area contributed by atoms with E-state index in [1.54, 1.807) is 0 Å². The number of H-pyrrole nitrogens is 1. The molecule has 9 nitrogen and oxygen atoms in total. The molecule has 2 N–H and O–H groups in total. The van der Waals surface area contributed by atoms with Crippen molar-refractivity contribution in [3.05, 3.63) is 51.0 Å². The third-order valence-corrected chi connectivity index (χ3v) is 6.05.